The number of nitrogens with zero attached hydrogens (tertiary/aromatic N) is 1. The van der Waals surface area contributed by atoms with Gasteiger partial charge in [-0.05, 0) is 61.2 Å². The van der Waals surface area contributed by atoms with E-state index < -0.39 is 72.3 Å². The van der Waals surface area contributed by atoms with Crippen molar-refractivity contribution >= 4 is 57.4 Å². The van der Waals surface area contributed by atoms with Gasteiger partial charge in [-0.2, -0.15) is 0 Å². The van der Waals surface area contributed by atoms with Gasteiger partial charge in [0.2, 0.25) is 11.8 Å². The minimum atomic E-state index is -1.91. The fourth-order valence-electron chi connectivity index (χ4n) is 6.29. The van der Waals surface area contributed by atoms with E-state index in [1.54, 1.807) is 69.4 Å². The van der Waals surface area contributed by atoms with E-state index in [9.17, 15) is 33.9 Å². The Bertz CT molecular complexity index is 2260. The van der Waals surface area contributed by atoms with Crippen LogP contribution in [0.5, 0.6) is 5.75 Å². The number of ether oxygens (including phenoxy) is 2. The maximum absolute atomic E-state index is 14.7. The van der Waals surface area contributed by atoms with Gasteiger partial charge in [-0.3, -0.25) is 24.0 Å². The van der Waals surface area contributed by atoms with Crippen molar-refractivity contribution in [1.29, 1.82) is 0 Å². The highest BCUT2D eigenvalue weighted by Gasteiger charge is 2.40. The standard InChI is InChI=1S/C42H45N5O9/c1-42(2,3)56-41(54)46-33(21-29-24-44-32-15-9-8-14-30(29)32)39(52)47(36(48)22-28-13-7-10-16-35(28)55-4)40(53)34(23-37(49)50)45-38(51)31(43)20-25-17-18-26-11-5-6-12-27(26)19-25/h5-19,24,31,33-34,44H,20-23,43H2,1-4H3,(H,45,51)(H,46,54)(H,49,50)/t31-,33-,34-/m0/s1. The second kappa shape index (κ2) is 17.7. The zero-order valence-corrected chi connectivity index (χ0v) is 31.5. The maximum atomic E-state index is 14.7. The molecule has 1 aromatic heterocycles. The lowest BCUT2D eigenvalue weighted by Gasteiger charge is -2.29. The van der Waals surface area contributed by atoms with Gasteiger partial charge in [0.05, 0.1) is 26.0 Å². The van der Waals surface area contributed by atoms with Gasteiger partial charge >= 0.3 is 12.1 Å². The first-order valence-electron chi connectivity index (χ1n) is 18.0. The number of nitrogens with one attached hydrogen (secondary N) is 3. The summed E-state index contributed by atoms with van der Waals surface area (Å²) in [5, 5.41) is 17.4. The minimum Gasteiger partial charge on any atom is -0.496 e. The van der Waals surface area contributed by atoms with E-state index in [0.717, 1.165) is 16.3 Å². The number of benzene rings is 4. The highest BCUT2D eigenvalue weighted by atomic mass is 16.6. The molecule has 5 amide bonds. The Morgan fingerprint density at radius 2 is 1.46 bits per heavy atom. The molecule has 0 aliphatic carbocycles. The summed E-state index contributed by atoms with van der Waals surface area (Å²) in [6.45, 7) is 4.87. The predicted molar refractivity (Wildman–Crippen MR) is 209 cm³/mol. The third-order valence-electron chi connectivity index (χ3n) is 8.91. The molecule has 5 aromatic rings. The van der Waals surface area contributed by atoms with E-state index in [1.807, 2.05) is 48.5 Å². The van der Waals surface area contributed by atoms with Crippen molar-refractivity contribution in [3.63, 3.8) is 0 Å². The summed E-state index contributed by atoms with van der Waals surface area (Å²) < 4.78 is 10.8. The first-order valence-corrected chi connectivity index (χ1v) is 18.0. The number of fused-ring (bicyclic) bond motifs is 2. The van der Waals surface area contributed by atoms with Crippen LogP contribution in [0.2, 0.25) is 0 Å². The summed E-state index contributed by atoms with van der Waals surface area (Å²) in [5.41, 5.74) is 7.63. The van der Waals surface area contributed by atoms with E-state index in [1.165, 1.54) is 7.11 Å². The summed E-state index contributed by atoms with van der Waals surface area (Å²) in [6.07, 6.45) is -1.08. The smallest absolute Gasteiger partial charge is 0.408 e. The minimum absolute atomic E-state index is 0.0343. The highest BCUT2D eigenvalue weighted by Crippen LogP contribution is 2.23. The number of nitrogens with two attached hydrogens (primary N) is 1. The third kappa shape index (κ3) is 10.4. The Morgan fingerprint density at radius 1 is 0.804 bits per heavy atom. The summed E-state index contributed by atoms with van der Waals surface area (Å²) in [4.78, 5) is 85.7. The molecule has 0 aliphatic heterocycles. The number of aliphatic carboxylic acids is 1. The molecular formula is C42H45N5O9. The summed E-state index contributed by atoms with van der Waals surface area (Å²) in [7, 11) is 1.39. The number of carboxylic acid groups (broad SMARTS) is 1. The number of para-hydroxylation sites is 2. The quantitative estimate of drug-likeness (QED) is 0.108. The molecule has 0 bridgehead atoms. The van der Waals surface area contributed by atoms with Gasteiger partial charge in [0.1, 0.15) is 23.4 Å². The Balaban J connectivity index is 1.50. The Morgan fingerprint density at radius 3 is 2.18 bits per heavy atom. The van der Waals surface area contributed by atoms with Crippen LogP contribution >= 0.6 is 0 Å². The number of rotatable bonds is 14. The van der Waals surface area contributed by atoms with Crippen LogP contribution in [0.4, 0.5) is 4.79 Å². The summed E-state index contributed by atoms with van der Waals surface area (Å²) in [6, 6.07) is 22.1. The highest BCUT2D eigenvalue weighted by molar-refractivity contribution is 6.15. The van der Waals surface area contributed by atoms with Crippen molar-refractivity contribution < 1.29 is 43.3 Å². The molecule has 4 aromatic carbocycles. The first-order chi connectivity index (χ1) is 26.6. The molecule has 5 rings (SSSR count). The fraction of sp³-hybridized carbons (Fsp3) is 0.286. The monoisotopic (exact) mass is 763 g/mol. The Labute approximate surface area is 323 Å². The fourth-order valence-corrected chi connectivity index (χ4v) is 6.29. The molecule has 0 unspecified atom stereocenters. The van der Waals surface area contributed by atoms with Gasteiger partial charge in [0.15, 0.2) is 0 Å². The summed E-state index contributed by atoms with van der Waals surface area (Å²) >= 11 is 0. The lowest BCUT2D eigenvalue weighted by molar-refractivity contribution is -0.158. The van der Waals surface area contributed by atoms with Crippen LogP contribution in [0.1, 0.15) is 43.9 Å². The van der Waals surface area contributed by atoms with Crippen LogP contribution in [-0.2, 0) is 48.0 Å². The number of carboxylic acids is 1. The van der Waals surface area contributed by atoms with Gasteiger partial charge in [-0.15, -0.1) is 0 Å². The first kappa shape index (κ1) is 40.6. The van der Waals surface area contributed by atoms with Gasteiger partial charge in [0.25, 0.3) is 11.8 Å². The number of carbonyl (C=O) groups excluding carboxylic acids is 5. The third-order valence-corrected chi connectivity index (χ3v) is 8.91. The normalized spacial score (nSPS) is 12.9. The number of carbonyl (C=O) groups is 6. The molecule has 0 saturated heterocycles. The van der Waals surface area contributed by atoms with E-state index in [0.29, 0.717) is 22.1 Å². The largest absolute Gasteiger partial charge is 0.496 e. The maximum Gasteiger partial charge on any atom is 0.408 e. The number of hydrogen-bond acceptors (Lipinski definition) is 9. The molecule has 0 fully saturated rings. The molecule has 14 heteroatoms. The predicted octanol–water partition coefficient (Wildman–Crippen LogP) is 4.42. The topological polar surface area (TPSA) is 210 Å². The van der Waals surface area contributed by atoms with Crippen molar-refractivity contribution in [2.75, 3.05) is 7.11 Å². The van der Waals surface area contributed by atoms with Crippen LogP contribution in [0.15, 0.2) is 97.2 Å². The van der Waals surface area contributed by atoms with Crippen molar-refractivity contribution in [1.82, 2.24) is 20.5 Å². The van der Waals surface area contributed by atoms with Crippen LogP contribution in [-0.4, -0.2) is 81.5 Å². The molecule has 6 N–H and O–H groups in total. The second-order valence-corrected chi connectivity index (χ2v) is 14.3. The van der Waals surface area contributed by atoms with Gasteiger partial charge < -0.3 is 35.9 Å². The molecule has 0 saturated carbocycles. The number of aromatic nitrogens is 1. The number of amides is 5. The van der Waals surface area contributed by atoms with Crippen LogP contribution in [0, 0.1) is 0 Å². The van der Waals surface area contributed by atoms with Crippen LogP contribution < -0.4 is 21.1 Å². The van der Waals surface area contributed by atoms with Crippen molar-refractivity contribution in [3.05, 3.63) is 114 Å². The Hall–Kier alpha value is -6.54. The van der Waals surface area contributed by atoms with Crippen molar-refractivity contribution in [2.45, 2.75) is 70.2 Å². The molecule has 292 valence electrons. The molecule has 1 heterocycles. The average Bonchev–Trinajstić information content (AvgIpc) is 3.56. The molecule has 0 radical (unpaired) electrons. The van der Waals surface area contributed by atoms with Crippen LogP contribution in [0.3, 0.4) is 0 Å². The van der Waals surface area contributed by atoms with Crippen molar-refractivity contribution in [2.24, 2.45) is 5.73 Å². The Kier molecular flexibility index (Phi) is 12.9. The number of aromatic amines is 1. The number of methoxy groups -OCH3 is 1. The summed E-state index contributed by atoms with van der Waals surface area (Å²) in [5.74, 6) is -5.68. The van der Waals surface area contributed by atoms with E-state index in [-0.39, 0.29) is 23.5 Å². The van der Waals surface area contributed by atoms with Crippen molar-refractivity contribution in [3.8, 4) is 5.75 Å². The lowest BCUT2D eigenvalue weighted by Crippen LogP contribution is -2.60. The number of H-pyrrole nitrogens is 1. The van der Waals surface area contributed by atoms with E-state index >= 15 is 0 Å². The van der Waals surface area contributed by atoms with Gasteiger partial charge in [-0.1, -0.05) is 78.9 Å². The number of hydrogen-bond donors (Lipinski definition) is 5. The van der Waals surface area contributed by atoms with E-state index in [4.69, 9.17) is 15.2 Å². The average molecular weight is 764 g/mol. The second-order valence-electron chi connectivity index (χ2n) is 14.3. The molecule has 14 nitrogen and oxygen atoms in total. The molecule has 56 heavy (non-hydrogen) atoms. The van der Waals surface area contributed by atoms with Gasteiger partial charge in [-0.25, -0.2) is 9.69 Å². The zero-order chi connectivity index (χ0) is 40.6. The molecular weight excluding hydrogens is 718 g/mol. The number of imide groups is 3. The number of alkyl carbamates (subject to hydrolysis) is 1. The zero-order valence-electron chi connectivity index (χ0n) is 31.5. The molecule has 0 spiro atoms. The van der Waals surface area contributed by atoms with Crippen LogP contribution in [0.25, 0.3) is 21.7 Å². The SMILES string of the molecule is COc1ccccc1CC(=O)N(C(=O)[C@H](Cc1c[nH]c2ccccc12)NC(=O)OC(C)(C)C)C(=O)[C@H](CC(=O)O)NC(=O)[C@@H](N)Cc1ccc2ccccc2c1. The molecule has 3 atom stereocenters. The lowest BCUT2D eigenvalue weighted by atomic mass is 10.0. The van der Waals surface area contributed by atoms with Gasteiger partial charge in [0, 0.05) is 29.1 Å². The van der Waals surface area contributed by atoms with E-state index in [2.05, 4.69) is 15.6 Å². The molecule has 0 aliphatic rings.